The van der Waals surface area contributed by atoms with Crippen LogP contribution in [0.2, 0.25) is 0 Å². The van der Waals surface area contributed by atoms with Gasteiger partial charge in [0.25, 0.3) is 0 Å². The van der Waals surface area contributed by atoms with Crippen LogP contribution in [0.15, 0.2) is 0 Å². The van der Waals surface area contributed by atoms with Crippen LogP contribution in [0.5, 0.6) is 0 Å². The maximum Gasteiger partial charge on any atom is 2.00 e. The standard InChI is InChI=1S/Al.Ba.Ca.K.Mg.Na.H4O4Si.Pb.Sr.15H/c;;;;;;1-5(2,3)4;;;;;;;;;;;;;;;;;/h;;;;;;1-4H;;;;;;;;;;;;;;;;;/q;2*+2;+1;+2;+1;;;+2;;;;;;10*-1. The van der Waals surface area contributed by atoms with Gasteiger partial charge in [-0.15, -0.1) is 0 Å². The Morgan fingerprint density at radius 3 is 1.00 bits per heavy atom. The van der Waals surface area contributed by atoms with E-state index in [2.05, 4.69) is 0 Å². The molecule has 0 aromatic carbocycles. The van der Waals surface area contributed by atoms with E-state index < -0.39 is 9.05 Å². The van der Waals surface area contributed by atoms with Gasteiger partial charge >= 0.3 is 272 Å². The van der Waals surface area contributed by atoms with E-state index in [4.69, 9.17) is 19.2 Å². The molecule has 0 aromatic rings. The molecule has 0 unspecified atom stereocenters. The fourth-order valence-electron chi connectivity index (χ4n) is 0. The van der Waals surface area contributed by atoms with Crippen LogP contribution in [0.3, 0.4) is 0 Å². The van der Waals surface area contributed by atoms with Gasteiger partial charge in [0.15, 0.2) is 17.4 Å². The Labute approximate surface area is 313 Å². The van der Waals surface area contributed by atoms with Gasteiger partial charge in [-0.05, 0) is 0 Å². The van der Waals surface area contributed by atoms with Crippen molar-refractivity contribution >= 4 is 209 Å². The Kier molecular flexibility index (Phi) is 165. The van der Waals surface area contributed by atoms with Gasteiger partial charge in [-0.2, -0.15) is 0 Å². The van der Waals surface area contributed by atoms with Crippen molar-refractivity contribution in [3.8, 4) is 0 Å². The van der Waals surface area contributed by atoms with Crippen LogP contribution in [0.25, 0.3) is 0 Å². The second-order valence-corrected chi connectivity index (χ2v) is 1.80. The average molecular weight is 697 g/mol. The maximum absolute atomic E-state index is 7.33. The Balaban J connectivity index is -0.000000000523. The van der Waals surface area contributed by atoms with Gasteiger partial charge in [-0.25, -0.2) is 0 Å². The third kappa shape index (κ3) is 92.2. The minimum Gasteiger partial charge on any atom is 2.00 e. The molecular formula is H19AlBaCaKMgNaO4PbSiSr. The van der Waals surface area contributed by atoms with Crippen molar-refractivity contribution in [2.75, 3.05) is 0 Å². The first-order chi connectivity index (χ1) is 2.00. The van der Waals surface area contributed by atoms with Crippen molar-refractivity contribution in [1.29, 1.82) is 0 Å². The number of rotatable bonds is 0. The first-order valence-corrected chi connectivity index (χ1v) is 2.68. The molecule has 0 aliphatic carbocycles. The summed E-state index contributed by atoms with van der Waals surface area (Å²) in [5.41, 5.74) is 0. The van der Waals surface area contributed by atoms with Gasteiger partial charge in [-0.3, -0.25) is 0 Å². The summed E-state index contributed by atoms with van der Waals surface area (Å²) in [7, 11) is -4.61. The van der Waals surface area contributed by atoms with Crippen molar-refractivity contribution in [3.05, 3.63) is 0 Å². The van der Waals surface area contributed by atoms with Crippen LogP contribution < -0.4 is 80.9 Å². The van der Waals surface area contributed by atoms with E-state index >= 15 is 0 Å². The summed E-state index contributed by atoms with van der Waals surface area (Å²) < 4.78 is 0. The molecule has 0 aliphatic rings. The normalized spacial score (nSPS) is 4.62. The third-order valence-corrected chi connectivity index (χ3v) is 0. The zero-order chi connectivity index (χ0) is 4.50. The number of hydrogen-bond acceptors (Lipinski definition) is 4. The molecule has 2 radical (unpaired) electrons. The molecule has 0 saturated heterocycles. The van der Waals surface area contributed by atoms with E-state index in [1.54, 1.807) is 0 Å². The molecule has 0 heterocycles. The fraction of sp³-hybridized carbons (Fsp3) is 0. The molecule has 4 N–H and O–H groups in total. The Morgan fingerprint density at radius 1 is 1.00 bits per heavy atom. The van der Waals surface area contributed by atoms with E-state index in [9.17, 15) is 0 Å². The quantitative estimate of drug-likeness (QED) is 0.190. The minimum atomic E-state index is -4.61. The minimum absolute atomic E-state index is 0. The van der Waals surface area contributed by atoms with Gasteiger partial charge < -0.3 is 33.4 Å². The molecule has 13 heteroatoms. The van der Waals surface area contributed by atoms with E-state index in [0.29, 0.717) is 0 Å². The summed E-state index contributed by atoms with van der Waals surface area (Å²) in [4.78, 5) is 29.3. The molecule has 64 valence electrons. The SMILES string of the molecule is O[Si](O)(O)O.[AlH3].[Ba+2].[Ca+2].[H-].[H-].[H-].[H-].[H-].[H-].[H-].[H-].[H-].[H-].[K+].[Mg+2].[Na+].[PbH2].[Sr+2]. The molecule has 0 atom stereocenters. The summed E-state index contributed by atoms with van der Waals surface area (Å²) >= 11 is 0. The molecule has 0 spiro atoms. The van der Waals surface area contributed by atoms with Gasteiger partial charge in [-0.1, -0.05) is 0 Å². The molecule has 0 aliphatic heterocycles. The van der Waals surface area contributed by atoms with E-state index in [1.165, 1.54) is 0 Å². The zero-order valence-corrected chi connectivity index (χ0v) is 31.0. The molecule has 0 aromatic heterocycles. The largest absolute Gasteiger partial charge is 2.00 e. The van der Waals surface area contributed by atoms with Gasteiger partial charge in [0.1, 0.15) is 0 Å². The van der Waals surface area contributed by atoms with Gasteiger partial charge in [0, 0.05) is 0 Å². The monoisotopic (exact) mass is 698 g/mol. The van der Waals surface area contributed by atoms with Crippen LogP contribution in [0.1, 0.15) is 14.3 Å². The van der Waals surface area contributed by atoms with Crippen LogP contribution in [-0.4, -0.2) is 228 Å². The van der Waals surface area contributed by atoms with Crippen molar-refractivity contribution in [3.63, 3.8) is 0 Å². The second-order valence-electron chi connectivity index (χ2n) is 0.600. The summed E-state index contributed by atoms with van der Waals surface area (Å²) in [5, 5.41) is 0. The van der Waals surface area contributed by atoms with Crippen molar-refractivity contribution < 1.29 is 114 Å². The van der Waals surface area contributed by atoms with Crippen molar-refractivity contribution in [2.24, 2.45) is 0 Å². The summed E-state index contributed by atoms with van der Waals surface area (Å²) in [6, 6.07) is 0. The molecule has 0 saturated carbocycles. The van der Waals surface area contributed by atoms with E-state index in [-0.39, 0.29) is 295 Å². The van der Waals surface area contributed by atoms with Gasteiger partial charge in [0.2, 0.25) is 0 Å². The first-order valence-electron chi connectivity index (χ1n) is 0.894. The molecular weight excluding hydrogens is 678 g/mol. The number of hydrogen-bond donors (Lipinski definition) is 4. The van der Waals surface area contributed by atoms with E-state index in [0.717, 1.165) is 0 Å². The molecule has 0 bridgehead atoms. The topological polar surface area (TPSA) is 80.9 Å². The van der Waals surface area contributed by atoms with Crippen LogP contribution in [0, 0.1) is 0 Å². The van der Waals surface area contributed by atoms with Crippen LogP contribution in [-0.2, 0) is 0 Å². The third-order valence-electron chi connectivity index (χ3n) is 0. The predicted molar refractivity (Wildman–Crippen MR) is 67.2 cm³/mol. The summed E-state index contributed by atoms with van der Waals surface area (Å²) in [5.74, 6) is 0. The van der Waals surface area contributed by atoms with Crippen LogP contribution >= 0.6 is 0 Å². The smallest absolute Gasteiger partial charge is 2.00 e. The molecule has 0 amide bonds. The molecule has 4 nitrogen and oxygen atoms in total. The Morgan fingerprint density at radius 2 is 1.00 bits per heavy atom. The van der Waals surface area contributed by atoms with Crippen LogP contribution in [0.4, 0.5) is 0 Å². The Hall–Kier alpha value is 9.23. The summed E-state index contributed by atoms with van der Waals surface area (Å²) in [6.45, 7) is 0. The predicted octanol–water partition coefficient (Wildman–Crippen LogP) is -11.1. The zero-order valence-electron chi connectivity index (χ0n) is 17.8. The maximum atomic E-state index is 7.33. The van der Waals surface area contributed by atoms with Gasteiger partial charge in [0.05, 0.1) is 0 Å². The molecule has 13 heavy (non-hydrogen) atoms. The molecule has 0 rings (SSSR count). The van der Waals surface area contributed by atoms with E-state index in [1.807, 2.05) is 0 Å². The Bertz CT molecular complexity index is 78.3. The fourth-order valence-corrected chi connectivity index (χ4v) is 0. The van der Waals surface area contributed by atoms with Crippen molar-refractivity contribution in [1.82, 2.24) is 0 Å². The van der Waals surface area contributed by atoms with Crippen molar-refractivity contribution in [2.45, 2.75) is 0 Å². The summed E-state index contributed by atoms with van der Waals surface area (Å²) in [6.07, 6.45) is 0. The second kappa shape index (κ2) is 37.5. The first kappa shape index (κ1) is 57.2. The average Bonchev–Trinajstić information content (AvgIpc) is 0.722. The molecule has 0 fully saturated rings.